The van der Waals surface area contributed by atoms with Crippen LogP contribution in [0.5, 0.6) is 5.75 Å². The molecule has 0 bridgehead atoms. The van der Waals surface area contributed by atoms with Crippen LogP contribution in [-0.2, 0) is 29.2 Å². The molecule has 0 aliphatic carbocycles. The molecule has 0 fully saturated rings. The molecule has 0 spiro atoms. The maximum atomic E-state index is 12.3. The topological polar surface area (TPSA) is 55.7 Å². The molecule has 0 radical (unpaired) electrons. The SMILES string of the molecule is COCCNC(=O)C[C@H]1CN(Cc2ccccc2OC)Cc2cccn2C1. The van der Waals surface area contributed by atoms with E-state index in [1.807, 2.05) is 18.2 Å². The average molecular weight is 371 g/mol. The van der Waals surface area contributed by atoms with Crippen LogP contribution in [0.4, 0.5) is 0 Å². The number of hydrogen-bond donors (Lipinski definition) is 1. The number of para-hydroxylation sites is 1. The Hall–Kier alpha value is -2.31. The van der Waals surface area contributed by atoms with Crippen molar-refractivity contribution < 1.29 is 14.3 Å². The van der Waals surface area contributed by atoms with Gasteiger partial charge in [-0.3, -0.25) is 9.69 Å². The molecule has 6 nitrogen and oxygen atoms in total. The molecule has 1 aromatic carbocycles. The van der Waals surface area contributed by atoms with Crippen LogP contribution < -0.4 is 10.1 Å². The molecule has 1 aromatic heterocycles. The van der Waals surface area contributed by atoms with Crippen molar-refractivity contribution in [3.8, 4) is 5.75 Å². The lowest BCUT2D eigenvalue weighted by atomic mass is 10.0. The Kier molecular flexibility index (Phi) is 6.90. The van der Waals surface area contributed by atoms with Gasteiger partial charge in [0, 0.05) is 63.7 Å². The molecule has 146 valence electrons. The summed E-state index contributed by atoms with van der Waals surface area (Å²) in [4.78, 5) is 14.7. The van der Waals surface area contributed by atoms with E-state index in [2.05, 4.69) is 39.2 Å². The zero-order valence-electron chi connectivity index (χ0n) is 16.2. The second-order valence-corrected chi connectivity index (χ2v) is 7.05. The largest absolute Gasteiger partial charge is 0.496 e. The molecule has 1 N–H and O–H groups in total. The van der Waals surface area contributed by atoms with Crippen molar-refractivity contribution in [3.63, 3.8) is 0 Å². The lowest BCUT2D eigenvalue weighted by Gasteiger charge is -2.24. The smallest absolute Gasteiger partial charge is 0.220 e. The lowest BCUT2D eigenvalue weighted by molar-refractivity contribution is -0.122. The predicted octanol–water partition coefficient (Wildman–Crippen LogP) is 2.28. The number of amides is 1. The van der Waals surface area contributed by atoms with Gasteiger partial charge in [-0.15, -0.1) is 0 Å². The fourth-order valence-electron chi connectivity index (χ4n) is 3.72. The number of hydrogen-bond acceptors (Lipinski definition) is 4. The van der Waals surface area contributed by atoms with Crippen molar-refractivity contribution in [1.29, 1.82) is 0 Å². The van der Waals surface area contributed by atoms with E-state index in [9.17, 15) is 4.79 Å². The van der Waals surface area contributed by atoms with Crippen molar-refractivity contribution in [2.75, 3.05) is 33.9 Å². The number of nitrogens with zero attached hydrogens (tertiary/aromatic N) is 2. The molecule has 6 heteroatoms. The highest BCUT2D eigenvalue weighted by atomic mass is 16.5. The van der Waals surface area contributed by atoms with E-state index in [0.29, 0.717) is 19.6 Å². The fraction of sp³-hybridized carbons (Fsp3) is 0.476. The highest BCUT2D eigenvalue weighted by Gasteiger charge is 2.24. The maximum Gasteiger partial charge on any atom is 0.220 e. The molecule has 2 heterocycles. The van der Waals surface area contributed by atoms with Gasteiger partial charge < -0.3 is 19.4 Å². The summed E-state index contributed by atoms with van der Waals surface area (Å²) < 4.78 is 12.8. The van der Waals surface area contributed by atoms with Gasteiger partial charge in [0.15, 0.2) is 0 Å². The second-order valence-electron chi connectivity index (χ2n) is 7.05. The number of rotatable bonds is 8. The monoisotopic (exact) mass is 371 g/mol. The zero-order chi connectivity index (χ0) is 19.1. The molecule has 1 aliphatic rings. The van der Waals surface area contributed by atoms with E-state index in [-0.39, 0.29) is 11.8 Å². The van der Waals surface area contributed by atoms with Gasteiger partial charge in [-0.25, -0.2) is 0 Å². The Balaban J connectivity index is 1.70. The van der Waals surface area contributed by atoms with Gasteiger partial charge in [-0.2, -0.15) is 0 Å². The Morgan fingerprint density at radius 1 is 1.19 bits per heavy atom. The van der Waals surface area contributed by atoms with Gasteiger partial charge in [0.25, 0.3) is 0 Å². The number of fused-ring (bicyclic) bond motifs is 1. The van der Waals surface area contributed by atoms with Gasteiger partial charge in [0.1, 0.15) is 5.75 Å². The van der Waals surface area contributed by atoms with E-state index < -0.39 is 0 Å². The quantitative estimate of drug-likeness (QED) is 0.724. The standard InChI is InChI=1S/C21H29N3O3/c1-26-11-9-22-21(25)12-17-13-23(16-19-7-5-10-24(19)14-17)15-18-6-3-4-8-20(18)27-2/h3-8,10,17H,9,11-16H2,1-2H3,(H,22,25)/t17-/m0/s1. The molecular formula is C21H29N3O3. The number of carbonyl (C=O) groups is 1. The molecule has 2 aromatic rings. The summed E-state index contributed by atoms with van der Waals surface area (Å²) in [6.45, 7) is 4.50. The van der Waals surface area contributed by atoms with Crippen molar-refractivity contribution in [2.45, 2.75) is 26.1 Å². The summed E-state index contributed by atoms with van der Waals surface area (Å²) in [7, 11) is 3.35. The zero-order valence-corrected chi connectivity index (χ0v) is 16.2. The van der Waals surface area contributed by atoms with E-state index in [1.54, 1.807) is 14.2 Å². The van der Waals surface area contributed by atoms with Crippen LogP contribution in [-0.4, -0.2) is 49.3 Å². The highest BCUT2D eigenvalue weighted by Crippen LogP contribution is 2.24. The normalized spacial score (nSPS) is 17.2. The molecular weight excluding hydrogens is 342 g/mol. The van der Waals surface area contributed by atoms with Crippen LogP contribution in [0, 0.1) is 5.92 Å². The summed E-state index contributed by atoms with van der Waals surface area (Å²) in [5, 5.41) is 2.94. The molecule has 0 saturated carbocycles. The summed E-state index contributed by atoms with van der Waals surface area (Å²) in [6.07, 6.45) is 2.63. The molecule has 0 saturated heterocycles. The maximum absolute atomic E-state index is 12.3. The third kappa shape index (κ3) is 5.34. The van der Waals surface area contributed by atoms with Gasteiger partial charge in [0.05, 0.1) is 13.7 Å². The Labute approximate surface area is 161 Å². The van der Waals surface area contributed by atoms with Crippen LogP contribution in [0.1, 0.15) is 17.7 Å². The minimum atomic E-state index is 0.0879. The molecule has 27 heavy (non-hydrogen) atoms. The average Bonchev–Trinajstić information content (AvgIpc) is 3.02. The summed E-state index contributed by atoms with van der Waals surface area (Å²) in [5.41, 5.74) is 2.45. The van der Waals surface area contributed by atoms with Crippen LogP contribution in [0.15, 0.2) is 42.6 Å². The van der Waals surface area contributed by atoms with Crippen LogP contribution in [0.3, 0.4) is 0 Å². The molecule has 1 aliphatic heterocycles. The van der Waals surface area contributed by atoms with Gasteiger partial charge >= 0.3 is 0 Å². The van der Waals surface area contributed by atoms with Crippen LogP contribution in [0.25, 0.3) is 0 Å². The van der Waals surface area contributed by atoms with E-state index in [0.717, 1.165) is 31.9 Å². The van der Waals surface area contributed by atoms with Gasteiger partial charge in [0.2, 0.25) is 5.91 Å². The third-order valence-corrected chi connectivity index (χ3v) is 4.97. The third-order valence-electron chi connectivity index (χ3n) is 4.97. The first-order valence-electron chi connectivity index (χ1n) is 9.43. The summed E-state index contributed by atoms with van der Waals surface area (Å²) >= 11 is 0. The van der Waals surface area contributed by atoms with Crippen molar-refractivity contribution in [3.05, 3.63) is 53.9 Å². The number of benzene rings is 1. The van der Waals surface area contributed by atoms with Gasteiger partial charge in [-0.1, -0.05) is 18.2 Å². The van der Waals surface area contributed by atoms with Crippen molar-refractivity contribution in [2.24, 2.45) is 5.92 Å². The van der Waals surface area contributed by atoms with Gasteiger partial charge in [-0.05, 0) is 24.1 Å². The number of ether oxygens (including phenoxy) is 2. The van der Waals surface area contributed by atoms with E-state index in [1.165, 1.54) is 11.3 Å². The van der Waals surface area contributed by atoms with E-state index >= 15 is 0 Å². The minimum absolute atomic E-state index is 0.0879. The first kappa shape index (κ1) is 19.5. The van der Waals surface area contributed by atoms with Crippen LogP contribution in [0.2, 0.25) is 0 Å². The van der Waals surface area contributed by atoms with Crippen LogP contribution >= 0.6 is 0 Å². The predicted molar refractivity (Wildman–Crippen MR) is 105 cm³/mol. The Bertz CT molecular complexity index is 744. The summed E-state index contributed by atoms with van der Waals surface area (Å²) in [6, 6.07) is 12.4. The first-order valence-corrected chi connectivity index (χ1v) is 9.43. The number of methoxy groups -OCH3 is 2. The fourth-order valence-corrected chi connectivity index (χ4v) is 3.72. The molecule has 1 amide bonds. The molecule has 1 atom stereocenters. The number of nitrogens with one attached hydrogen (secondary N) is 1. The Morgan fingerprint density at radius 2 is 2.04 bits per heavy atom. The van der Waals surface area contributed by atoms with E-state index in [4.69, 9.17) is 9.47 Å². The minimum Gasteiger partial charge on any atom is -0.496 e. The number of carbonyl (C=O) groups excluding carboxylic acids is 1. The molecule has 0 unspecified atom stereocenters. The molecule has 3 rings (SSSR count). The first-order chi connectivity index (χ1) is 13.2. The lowest BCUT2D eigenvalue weighted by Crippen LogP contribution is -2.33. The Morgan fingerprint density at radius 3 is 2.85 bits per heavy atom. The summed E-state index contributed by atoms with van der Waals surface area (Å²) in [5.74, 6) is 1.26. The van der Waals surface area contributed by atoms with Crippen molar-refractivity contribution in [1.82, 2.24) is 14.8 Å². The number of aromatic nitrogens is 1. The van der Waals surface area contributed by atoms with Crippen molar-refractivity contribution >= 4 is 5.91 Å². The second kappa shape index (κ2) is 9.58. The highest BCUT2D eigenvalue weighted by molar-refractivity contribution is 5.76.